The first kappa shape index (κ1) is 46.2. The van der Waals surface area contributed by atoms with Crippen LogP contribution in [0.3, 0.4) is 0 Å². The maximum atomic E-state index is 12.4. The third kappa shape index (κ3) is 23.0. The lowest BCUT2D eigenvalue weighted by Gasteiger charge is -2.21. The first-order valence-corrected chi connectivity index (χ1v) is 21.0. The van der Waals surface area contributed by atoms with Gasteiger partial charge < -0.3 is 18.9 Å². The first-order valence-electron chi connectivity index (χ1n) is 21.0. The average Bonchev–Trinajstić information content (AvgIpc) is 3.21. The molecule has 300 valence electrons. The zero-order valence-corrected chi connectivity index (χ0v) is 33.3. The van der Waals surface area contributed by atoms with Gasteiger partial charge in [-0.05, 0) is 76.3 Å². The van der Waals surface area contributed by atoms with Gasteiger partial charge in [0.25, 0.3) is 0 Å². The van der Waals surface area contributed by atoms with Gasteiger partial charge in [-0.15, -0.1) is 0 Å². The molecule has 2 saturated carbocycles. The van der Waals surface area contributed by atoms with Gasteiger partial charge in [0.05, 0.1) is 24.3 Å². The van der Waals surface area contributed by atoms with Crippen molar-refractivity contribution >= 4 is 23.9 Å². The van der Waals surface area contributed by atoms with Crippen molar-refractivity contribution in [1.82, 2.24) is 0 Å². The highest BCUT2D eigenvalue weighted by molar-refractivity contribution is 6.03. The number of ether oxygens (including phenoxy) is 4. The Bertz CT molecular complexity index is 1190. The van der Waals surface area contributed by atoms with Gasteiger partial charge >= 0.3 is 23.9 Å². The monoisotopic (exact) mass is 748 g/mol. The molecule has 4 rings (SSSR count). The molecular weight excluding hydrogens is 680 g/mol. The fourth-order valence-electron chi connectivity index (χ4n) is 6.38. The second kappa shape index (κ2) is 31.4. The van der Waals surface area contributed by atoms with Crippen molar-refractivity contribution in [2.24, 2.45) is 0 Å². The predicted octanol–water partition coefficient (Wildman–Crippen LogP) is 11.7. The summed E-state index contributed by atoms with van der Waals surface area (Å²) in [7, 11) is 0. The van der Waals surface area contributed by atoms with Crippen LogP contribution in [0.4, 0.5) is 0 Å². The zero-order chi connectivity index (χ0) is 38.9. The Balaban J connectivity index is 0.000000334. The van der Waals surface area contributed by atoms with Gasteiger partial charge in [0.1, 0.15) is 12.2 Å². The molecule has 0 aromatic heterocycles. The van der Waals surface area contributed by atoms with E-state index in [-0.39, 0.29) is 12.2 Å². The molecule has 0 heterocycles. The van der Waals surface area contributed by atoms with E-state index in [9.17, 15) is 19.2 Å². The van der Waals surface area contributed by atoms with Crippen molar-refractivity contribution in [3.63, 3.8) is 0 Å². The average molecular weight is 749 g/mol. The van der Waals surface area contributed by atoms with Gasteiger partial charge in [0.15, 0.2) is 0 Å². The molecule has 0 atom stereocenters. The zero-order valence-electron chi connectivity index (χ0n) is 33.3. The lowest BCUT2D eigenvalue weighted by atomic mass is 9.98. The summed E-state index contributed by atoms with van der Waals surface area (Å²) in [6.07, 6.45) is 26.7. The van der Waals surface area contributed by atoms with E-state index in [2.05, 4.69) is 13.8 Å². The summed E-state index contributed by atoms with van der Waals surface area (Å²) in [4.78, 5) is 47.9. The third-order valence-electron chi connectivity index (χ3n) is 9.52. The molecule has 2 aromatic rings. The Morgan fingerprint density at radius 1 is 0.481 bits per heavy atom. The lowest BCUT2D eigenvalue weighted by Crippen LogP contribution is -2.21. The van der Waals surface area contributed by atoms with Crippen molar-refractivity contribution < 1.29 is 38.1 Å². The van der Waals surface area contributed by atoms with E-state index < -0.39 is 23.9 Å². The van der Waals surface area contributed by atoms with E-state index in [1.807, 2.05) is 36.4 Å². The summed E-state index contributed by atoms with van der Waals surface area (Å²) in [5, 5.41) is 0. The normalized spacial score (nSPS) is 14.5. The highest BCUT2D eigenvalue weighted by Crippen LogP contribution is 2.22. The molecule has 8 heteroatoms. The minimum atomic E-state index is -0.444. The van der Waals surface area contributed by atoms with Crippen molar-refractivity contribution in [2.45, 2.75) is 167 Å². The van der Waals surface area contributed by atoms with Gasteiger partial charge in [-0.2, -0.15) is 0 Å². The number of unbranched alkanes of at least 4 members (excludes halogenated alkanes) is 10. The van der Waals surface area contributed by atoms with Crippen LogP contribution in [0.5, 0.6) is 0 Å². The Hall–Kier alpha value is -3.94. The van der Waals surface area contributed by atoms with Crippen LogP contribution < -0.4 is 0 Å². The minimum absolute atomic E-state index is 0.0234. The van der Waals surface area contributed by atoms with Gasteiger partial charge in [-0.1, -0.05) is 139 Å². The van der Waals surface area contributed by atoms with Crippen LogP contribution in [0.2, 0.25) is 0 Å². The molecule has 2 aliphatic rings. The second-order valence-corrected chi connectivity index (χ2v) is 14.2. The molecule has 2 aliphatic carbocycles. The summed E-state index contributed by atoms with van der Waals surface area (Å²) in [5.41, 5.74) is 0.586. The summed E-state index contributed by atoms with van der Waals surface area (Å²) in [6.45, 7) is 5.17. The molecule has 0 N–H and O–H groups in total. The van der Waals surface area contributed by atoms with E-state index in [0.717, 1.165) is 77.0 Å². The van der Waals surface area contributed by atoms with E-state index in [4.69, 9.17) is 18.9 Å². The van der Waals surface area contributed by atoms with Gasteiger partial charge in [0.2, 0.25) is 0 Å². The number of carbonyl (C=O) groups is 4. The van der Waals surface area contributed by atoms with Crippen LogP contribution in [-0.4, -0.2) is 49.3 Å². The molecule has 0 bridgehead atoms. The van der Waals surface area contributed by atoms with Gasteiger partial charge in [0, 0.05) is 12.2 Å². The van der Waals surface area contributed by atoms with E-state index in [1.165, 1.54) is 76.4 Å². The Morgan fingerprint density at radius 2 is 0.815 bits per heavy atom. The lowest BCUT2D eigenvalue weighted by molar-refractivity contribution is -0.147. The molecule has 8 nitrogen and oxygen atoms in total. The smallest absolute Gasteiger partial charge is 0.339 e. The fraction of sp³-hybridized carbons (Fsp3) is 0.609. The standard InChI is InChI=1S/C24H38O4.C16H24O4.C6H6/c1-3-5-7-9-11-15-19-27-23(25)21-17-13-14-18-22(21)24(26)28-20-16-12-10-8-6-4-2;17-15(19-13-7-3-1-4-8-13)11-12-16(18)20-14-9-5-2-6-10-14;1-2-4-6-5-3-1/h13-14,17-18H,3-12,15-16,19-20H2,1-2H3;11-14H,1-10H2;1-6H/b;12-11-;. The maximum absolute atomic E-state index is 12.4. The quantitative estimate of drug-likeness (QED) is 0.0570. The molecular formula is C46H68O8. The molecule has 0 unspecified atom stereocenters. The van der Waals surface area contributed by atoms with Crippen LogP contribution in [0.25, 0.3) is 0 Å². The number of hydrogen-bond donors (Lipinski definition) is 0. The number of rotatable bonds is 20. The number of hydrogen-bond acceptors (Lipinski definition) is 8. The number of benzene rings is 2. The molecule has 0 spiro atoms. The largest absolute Gasteiger partial charge is 0.462 e. The van der Waals surface area contributed by atoms with Crippen LogP contribution in [0, 0.1) is 0 Å². The molecule has 0 radical (unpaired) electrons. The summed E-state index contributed by atoms with van der Waals surface area (Å²) >= 11 is 0. The fourth-order valence-corrected chi connectivity index (χ4v) is 6.38. The summed E-state index contributed by atoms with van der Waals surface area (Å²) in [6, 6.07) is 18.7. The van der Waals surface area contributed by atoms with Gasteiger partial charge in [-0.3, -0.25) is 0 Å². The van der Waals surface area contributed by atoms with Gasteiger partial charge in [-0.25, -0.2) is 19.2 Å². The Morgan fingerprint density at radius 3 is 1.17 bits per heavy atom. The second-order valence-electron chi connectivity index (χ2n) is 14.2. The van der Waals surface area contributed by atoms with E-state index in [0.29, 0.717) is 24.3 Å². The topological polar surface area (TPSA) is 105 Å². The van der Waals surface area contributed by atoms with Crippen molar-refractivity contribution in [1.29, 1.82) is 0 Å². The molecule has 2 fully saturated rings. The summed E-state index contributed by atoms with van der Waals surface area (Å²) < 4.78 is 21.3. The van der Waals surface area contributed by atoms with Crippen LogP contribution >= 0.6 is 0 Å². The molecule has 2 aromatic carbocycles. The number of esters is 4. The summed E-state index contributed by atoms with van der Waals surface area (Å²) in [5.74, 6) is -1.75. The predicted molar refractivity (Wildman–Crippen MR) is 215 cm³/mol. The van der Waals surface area contributed by atoms with Crippen LogP contribution in [-0.2, 0) is 28.5 Å². The van der Waals surface area contributed by atoms with Crippen LogP contribution in [0.15, 0.2) is 72.8 Å². The Labute approximate surface area is 325 Å². The maximum Gasteiger partial charge on any atom is 0.339 e. The van der Waals surface area contributed by atoms with E-state index >= 15 is 0 Å². The van der Waals surface area contributed by atoms with Crippen molar-refractivity contribution in [3.8, 4) is 0 Å². The first-order chi connectivity index (χ1) is 26.4. The highest BCUT2D eigenvalue weighted by atomic mass is 16.6. The highest BCUT2D eigenvalue weighted by Gasteiger charge is 2.20. The molecule has 0 aliphatic heterocycles. The van der Waals surface area contributed by atoms with Crippen molar-refractivity contribution in [3.05, 3.63) is 83.9 Å². The molecule has 54 heavy (non-hydrogen) atoms. The van der Waals surface area contributed by atoms with E-state index in [1.54, 1.807) is 24.3 Å². The third-order valence-corrected chi connectivity index (χ3v) is 9.52. The molecule has 0 saturated heterocycles. The van der Waals surface area contributed by atoms with Crippen molar-refractivity contribution in [2.75, 3.05) is 13.2 Å². The van der Waals surface area contributed by atoms with Crippen LogP contribution in [0.1, 0.15) is 176 Å². The molecule has 0 amide bonds. The number of carbonyl (C=O) groups excluding carboxylic acids is 4. The minimum Gasteiger partial charge on any atom is -0.462 e. The Kier molecular flexibility index (Phi) is 26.9. The SMILES string of the molecule is CCCCCCCCOC(=O)c1ccccc1C(=O)OCCCCCCCC.O=C(/C=C\C(=O)OC1CCCCC1)OC1CCCCC1.c1ccccc1.